The maximum atomic E-state index is 11.7. The molecule has 4 nitrogen and oxygen atoms in total. The monoisotopic (exact) mass is 260 g/mol. The second kappa shape index (κ2) is 4.52. The van der Waals surface area contributed by atoms with Gasteiger partial charge in [0.05, 0.1) is 5.25 Å². The number of sulfone groups is 1. The fourth-order valence-electron chi connectivity index (χ4n) is 3.29. The van der Waals surface area contributed by atoms with Crippen LogP contribution in [0.2, 0.25) is 0 Å². The lowest BCUT2D eigenvalue weighted by Crippen LogP contribution is -2.48. The molecule has 17 heavy (non-hydrogen) atoms. The Hall–Kier alpha value is -0.130. The van der Waals surface area contributed by atoms with Crippen LogP contribution in [0.15, 0.2) is 0 Å². The molecule has 0 amide bonds. The summed E-state index contributed by atoms with van der Waals surface area (Å²) in [6.07, 6.45) is 7.51. The molecule has 3 atom stereocenters. The van der Waals surface area contributed by atoms with Crippen LogP contribution in [-0.4, -0.2) is 26.0 Å². The Morgan fingerprint density at radius 3 is 2.47 bits per heavy atom. The Kier molecular flexibility index (Phi) is 3.54. The third-order valence-electron chi connectivity index (χ3n) is 4.71. The first-order chi connectivity index (χ1) is 7.87. The lowest BCUT2D eigenvalue weighted by atomic mass is 9.78. The van der Waals surface area contributed by atoms with Crippen LogP contribution >= 0.6 is 0 Å². The van der Waals surface area contributed by atoms with E-state index in [9.17, 15) is 8.42 Å². The van der Waals surface area contributed by atoms with Gasteiger partial charge in [0.15, 0.2) is 0 Å². The zero-order chi connectivity index (χ0) is 12.7. The molecule has 0 aromatic carbocycles. The standard InChI is InChI=1S/C12H24N2O2S/c1-12(6-7-12)11(14-13)9-4-3-5-10(8-9)17(2,15)16/h9-11,14H,3-8,13H2,1-2H3. The van der Waals surface area contributed by atoms with Crippen molar-refractivity contribution in [2.24, 2.45) is 17.2 Å². The van der Waals surface area contributed by atoms with Crippen LogP contribution in [0.4, 0.5) is 0 Å². The molecule has 0 spiro atoms. The summed E-state index contributed by atoms with van der Waals surface area (Å²) in [7, 11) is -2.89. The van der Waals surface area contributed by atoms with Crippen LogP contribution in [-0.2, 0) is 9.84 Å². The SMILES string of the molecule is CC1(C(NN)C2CCCC(S(C)(=O)=O)C2)CC1. The summed E-state index contributed by atoms with van der Waals surface area (Å²) in [4.78, 5) is 0. The minimum absolute atomic E-state index is 0.153. The lowest BCUT2D eigenvalue weighted by molar-refractivity contribution is 0.204. The maximum Gasteiger partial charge on any atom is 0.150 e. The predicted molar refractivity (Wildman–Crippen MR) is 69.0 cm³/mol. The second-order valence-corrected chi connectivity index (χ2v) is 8.50. The van der Waals surface area contributed by atoms with E-state index in [1.54, 1.807) is 0 Å². The molecule has 2 rings (SSSR count). The Labute approximate surface area is 104 Å². The van der Waals surface area contributed by atoms with E-state index in [0.29, 0.717) is 11.3 Å². The number of nitrogens with two attached hydrogens (primary N) is 1. The van der Waals surface area contributed by atoms with Gasteiger partial charge in [-0.15, -0.1) is 0 Å². The predicted octanol–water partition coefficient (Wildman–Crippen LogP) is 1.22. The molecule has 0 bridgehead atoms. The summed E-state index contributed by atoms with van der Waals surface area (Å²) >= 11 is 0. The van der Waals surface area contributed by atoms with Crippen LogP contribution in [0.25, 0.3) is 0 Å². The Morgan fingerprint density at radius 1 is 1.35 bits per heavy atom. The van der Waals surface area contributed by atoms with Gasteiger partial charge in [0.1, 0.15) is 9.84 Å². The highest BCUT2D eigenvalue weighted by atomic mass is 32.2. The zero-order valence-electron chi connectivity index (χ0n) is 10.8. The highest BCUT2D eigenvalue weighted by molar-refractivity contribution is 7.91. The van der Waals surface area contributed by atoms with Gasteiger partial charge >= 0.3 is 0 Å². The van der Waals surface area contributed by atoms with Gasteiger partial charge in [-0.2, -0.15) is 0 Å². The molecule has 0 saturated heterocycles. The summed E-state index contributed by atoms with van der Waals surface area (Å²) in [6.45, 7) is 2.25. The largest absolute Gasteiger partial charge is 0.271 e. The molecule has 0 aromatic rings. The minimum Gasteiger partial charge on any atom is -0.271 e. The number of hydrogen-bond acceptors (Lipinski definition) is 4. The van der Waals surface area contributed by atoms with Crippen molar-refractivity contribution in [3.63, 3.8) is 0 Å². The van der Waals surface area contributed by atoms with Gasteiger partial charge in [-0.1, -0.05) is 13.3 Å². The quantitative estimate of drug-likeness (QED) is 0.589. The molecule has 2 fully saturated rings. The van der Waals surface area contributed by atoms with E-state index in [0.717, 1.165) is 25.7 Å². The summed E-state index contributed by atoms with van der Waals surface area (Å²) in [5.74, 6) is 6.10. The summed E-state index contributed by atoms with van der Waals surface area (Å²) in [5, 5.41) is -0.153. The smallest absolute Gasteiger partial charge is 0.150 e. The molecule has 2 saturated carbocycles. The van der Waals surface area contributed by atoms with E-state index in [1.807, 2.05) is 0 Å². The van der Waals surface area contributed by atoms with Gasteiger partial charge in [0.2, 0.25) is 0 Å². The van der Waals surface area contributed by atoms with Crippen molar-refractivity contribution in [3.05, 3.63) is 0 Å². The Morgan fingerprint density at radius 2 is 2.00 bits per heavy atom. The zero-order valence-corrected chi connectivity index (χ0v) is 11.6. The number of hydrogen-bond donors (Lipinski definition) is 2. The summed E-state index contributed by atoms with van der Waals surface area (Å²) < 4.78 is 23.3. The second-order valence-electron chi connectivity index (χ2n) is 6.18. The van der Waals surface area contributed by atoms with Gasteiger partial charge in [-0.3, -0.25) is 11.3 Å². The third-order valence-corrected chi connectivity index (χ3v) is 6.35. The molecular weight excluding hydrogens is 236 g/mol. The van der Waals surface area contributed by atoms with Gasteiger partial charge in [0, 0.05) is 12.3 Å². The van der Waals surface area contributed by atoms with Crippen molar-refractivity contribution in [3.8, 4) is 0 Å². The molecule has 0 aromatic heterocycles. The molecule has 2 aliphatic rings. The van der Waals surface area contributed by atoms with Crippen LogP contribution in [0, 0.1) is 11.3 Å². The van der Waals surface area contributed by atoms with E-state index < -0.39 is 9.84 Å². The third kappa shape index (κ3) is 2.83. The topological polar surface area (TPSA) is 72.2 Å². The molecule has 3 unspecified atom stereocenters. The molecule has 0 aliphatic heterocycles. The number of nitrogens with one attached hydrogen (secondary N) is 1. The van der Waals surface area contributed by atoms with Crippen LogP contribution < -0.4 is 11.3 Å². The van der Waals surface area contributed by atoms with Crippen molar-refractivity contribution < 1.29 is 8.42 Å². The lowest BCUT2D eigenvalue weighted by Gasteiger charge is -2.36. The van der Waals surface area contributed by atoms with E-state index in [1.165, 1.54) is 19.1 Å². The van der Waals surface area contributed by atoms with E-state index in [-0.39, 0.29) is 11.3 Å². The van der Waals surface area contributed by atoms with Gasteiger partial charge in [-0.05, 0) is 43.4 Å². The van der Waals surface area contributed by atoms with Crippen LogP contribution in [0.3, 0.4) is 0 Å². The van der Waals surface area contributed by atoms with Crippen LogP contribution in [0.1, 0.15) is 45.4 Å². The molecule has 2 aliphatic carbocycles. The minimum atomic E-state index is -2.89. The van der Waals surface area contributed by atoms with Gasteiger partial charge in [0.25, 0.3) is 0 Å². The maximum absolute atomic E-state index is 11.7. The van der Waals surface area contributed by atoms with Gasteiger partial charge in [-0.25, -0.2) is 8.42 Å². The summed E-state index contributed by atoms with van der Waals surface area (Å²) in [6, 6.07) is 0.284. The normalized spacial score (nSPS) is 34.3. The van der Waals surface area contributed by atoms with Crippen molar-refractivity contribution in [1.29, 1.82) is 0 Å². The average Bonchev–Trinajstić information content (AvgIpc) is 2.97. The number of hydrazine groups is 1. The van der Waals surface area contributed by atoms with Crippen LogP contribution in [0.5, 0.6) is 0 Å². The molecule has 0 heterocycles. The first-order valence-corrected chi connectivity index (χ1v) is 8.47. The Balaban J connectivity index is 2.06. The fraction of sp³-hybridized carbons (Fsp3) is 1.00. The van der Waals surface area contributed by atoms with E-state index >= 15 is 0 Å². The molecule has 100 valence electrons. The molecule has 0 radical (unpaired) electrons. The van der Waals surface area contributed by atoms with E-state index in [2.05, 4.69) is 12.3 Å². The van der Waals surface area contributed by atoms with Crippen molar-refractivity contribution in [1.82, 2.24) is 5.43 Å². The van der Waals surface area contributed by atoms with Crippen molar-refractivity contribution in [2.75, 3.05) is 6.26 Å². The average molecular weight is 260 g/mol. The fourth-order valence-corrected chi connectivity index (χ4v) is 4.48. The molecule has 5 heteroatoms. The molecule has 3 N–H and O–H groups in total. The highest BCUT2D eigenvalue weighted by Gasteiger charge is 2.48. The number of rotatable bonds is 4. The summed E-state index contributed by atoms with van der Waals surface area (Å²) in [5.41, 5.74) is 3.26. The first kappa shape index (κ1) is 13.3. The van der Waals surface area contributed by atoms with E-state index in [4.69, 9.17) is 5.84 Å². The van der Waals surface area contributed by atoms with Crippen molar-refractivity contribution >= 4 is 9.84 Å². The first-order valence-electron chi connectivity index (χ1n) is 6.52. The highest BCUT2D eigenvalue weighted by Crippen LogP contribution is 2.52. The van der Waals surface area contributed by atoms with Crippen molar-refractivity contribution in [2.45, 2.75) is 56.7 Å². The van der Waals surface area contributed by atoms with Gasteiger partial charge < -0.3 is 0 Å². The molecular formula is C12H24N2O2S. The Bertz CT molecular complexity index is 376.